The van der Waals surface area contributed by atoms with Gasteiger partial charge in [-0.05, 0) is 29.2 Å². The average molecular weight is 368 g/mol. The highest BCUT2D eigenvalue weighted by atomic mass is 35.5. The highest BCUT2D eigenvalue weighted by molar-refractivity contribution is 6.37. The summed E-state index contributed by atoms with van der Waals surface area (Å²) in [5, 5.41) is 11.2. The van der Waals surface area contributed by atoms with Crippen molar-refractivity contribution in [3.63, 3.8) is 0 Å². The smallest absolute Gasteiger partial charge is 0.343 e. The normalized spacial score (nSPS) is 11.2. The molecule has 0 aromatic heterocycles. The number of benzene rings is 2. The topological polar surface area (TPSA) is 69.4 Å². The lowest BCUT2D eigenvalue weighted by molar-refractivity contribution is -0.384. The Morgan fingerprint density at radius 1 is 1.12 bits per heavy atom. The van der Waals surface area contributed by atoms with Crippen LogP contribution < -0.4 is 4.74 Å². The van der Waals surface area contributed by atoms with Crippen molar-refractivity contribution >= 4 is 34.9 Å². The molecule has 0 aliphatic rings. The number of nitro groups is 1. The number of carbonyl (C=O) groups is 1. The van der Waals surface area contributed by atoms with Gasteiger partial charge < -0.3 is 4.74 Å². The predicted octanol–water partition coefficient (Wildman–Crippen LogP) is 5.42. The molecule has 0 N–H and O–H groups in total. The fourth-order valence-corrected chi connectivity index (χ4v) is 2.55. The minimum Gasteiger partial charge on any atom is -0.420 e. The maximum absolute atomic E-state index is 12.2. The Labute approximate surface area is 149 Å². The van der Waals surface area contributed by atoms with Crippen LogP contribution in [0, 0.1) is 10.1 Å². The predicted molar refractivity (Wildman–Crippen MR) is 93.2 cm³/mol. The number of halogens is 2. The summed E-state index contributed by atoms with van der Waals surface area (Å²) in [6.07, 6.45) is 0. The molecule has 24 heavy (non-hydrogen) atoms. The average Bonchev–Trinajstić information content (AvgIpc) is 2.49. The molecule has 5 nitrogen and oxygen atoms in total. The first-order valence-electron chi connectivity index (χ1n) is 7.06. The summed E-state index contributed by atoms with van der Waals surface area (Å²) in [6.45, 7) is 6.01. The molecule has 0 heterocycles. The molecular formula is C17H15Cl2NO4. The fourth-order valence-electron chi connectivity index (χ4n) is 1.99. The zero-order chi connectivity index (χ0) is 18.1. The van der Waals surface area contributed by atoms with Crippen LogP contribution in [0.1, 0.15) is 36.7 Å². The Kier molecular flexibility index (Phi) is 5.16. The van der Waals surface area contributed by atoms with E-state index >= 15 is 0 Å². The van der Waals surface area contributed by atoms with Gasteiger partial charge in [-0.1, -0.05) is 50.0 Å². The molecule has 0 saturated heterocycles. The second-order valence-electron chi connectivity index (χ2n) is 6.22. The van der Waals surface area contributed by atoms with Crippen molar-refractivity contribution in [1.82, 2.24) is 0 Å². The molecule has 0 aliphatic carbocycles. The minimum atomic E-state index is -0.772. The monoisotopic (exact) mass is 367 g/mol. The summed E-state index contributed by atoms with van der Waals surface area (Å²) in [5.41, 5.74) is 0.559. The van der Waals surface area contributed by atoms with Gasteiger partial charge >= 0.3 is 5.97 Å². The number of hydrogen-bond acceptors (Lipinski definition) is 4. The number of rotatable bonds is 3. The van der Waals surface area contributed by atoms with E-state index in [0.717, 1.165) is 11.6 Å². The largest absolute Gasteiger partial charge is 0.420 e. The summed E-state index contributed by atoms with van der Waals surface area (Å²) < 4.78 is 5.24. The van der Waals surface area contributed by atoms with Gasteiger partial charge in [-0.15, -0.1) is 0 Å². The molecular weight excluding hydrogens is 353 g/mol. The van der Waals surface area contributed by atoms with Gasteiger partial charge in [0.2, 0.25) is 0 Å². The van der Waals surface area contributed by atoms with Crippen LogP contribution in [0.2, 0.25) is 10.0 Å². The Morgan fingerprint density at radius 2 is 1.71 bits per heavy atom. The van der Waals surface area contributed by atoms with Gasteiger partial charge in [-0.2, -0.15) is 0 Å². The molecule has 0 bridgehead atoms. The fraction of sp³-hybridized carbons (Fsp3) is 0.235. The maximum Gasteiger partial charge on any atom is 0.343 e. The Morgan fingerprint density at radius 3 is 2.21 bits per heavy atom. The van der Waals surface area contributed by atoms with Gasteiger partial charge in [0.15, 0.2) is 5.75 Å². The number of carbonyl (C=O) groups excluding carboxylic acids is 1. The summed E-state index contributed by atoms with van der Waals surface area (Å²) in [6, 6.07) is 8.61. The quantitative estimate of drug-likeness (QED) is 0.314. The van der Waals surface area contributed by atoms with Gasteiger partial charge in [0, 0.05) is 12.1 Å². The second-order valence-corrected chi connectivity index (χ2v) is 7.03. The minimum absolute atomic E-state index is 0.0304. The van der Waals surface area contributed by atoms with Crippen LogP contribution in [-0.4, -0.2) is 10.9 Å². The van der Waals surface area contributed by atoms with Gasteiger partial charge in [0.1, 0.15) is 0 Å². The lowest BCUT2D eigenvalue weighted by atomic mass is 9.87. The van der Waals surface area contributed by atoms with Crippen molar-refractivity contribution < 1.29 is 14.5 Å². The molecule has 0 fully saturated rings. The molecule has 0 atom stereocenters. The number of nitro benzene ring substituents is 1. The van der Waals surface area contributed by atoms with Crippen LogP contribution in [-0.2, 0) is 5.41 Å². The van der Waals surface area contributed by atoms with E-state index in [0.29, 0.717) is 0 Å². The zero-order valence-electron chi connectivity index (χ0n) is 13.3. The molecule has 2 aromatic carbocycles. The standard InChI is InChI=1S/C17H15Cl2NO4/c1-17(2,3)11-8-13(18)15(14(19)9-11)24-16(21)10-5-4-6-12(7-10)20(22)23/h4-9H,1-3H3. The van der Waals surface area contributed by atoms with Crippen LogP contribution in [0.25, 0.3) is 0 Å². The van der Waals surface area contributed by atoms with Gasteiger partial charge in [-0.3, -0.25) is 10.1 Å². The van der Waals surface area contributed by atoms with Crippen LogP contribution in [0.15, 0.2) is 36.4 Å². The maximum atomic E-state index is 12.2. The van der Waals surface area contributed by atoms with Crippen molar-refractivity contribution in [2.45, 2.75) is 26.2 Å². The number of esters is 1. The highest BCUT2D eigenvalue weighted by Crippen LogP contribution is 2.38. The van der Waals surface area contributed by atoms with Crippen LogP contribution in [0.4, 0.5) is 5.69 Å². The van der Waals surface area contributed by atoms with E-state index in [1.54, 1.807) is 12.1 Å². The van der Waals surface area contributed by atoms with Crippen molar-refractivity contribution in [3.05, 3.63) is 67.7 Å². The molecule has 2 aromatic rings. The third kappa shape index (κ3) is 4.04. The van der Waals surface area contributed by atoms with Gasteiger partial charge in [0.25, 0.3) is 5.69 Å². The Bertz CT molecular complexity index is 789. The van der Waals surface area contributed by atoms with Crippen molar-refractivity contribution in [2.24, 2.45) is 0 Å². The summed E-state index contributed by atoms with van der Waals surface area (Å²) in [4.78, 5) is 22.4. The zero-order valence-corrected chi connectivity index (χ0v) is 14.8. The SMILES string of the molecule is CC(C)(C)c1cc(Cl)c(OC(=O)c2cccc([N+](=O)[O-])c2)c(Cl)c1. The molecule has 7 heteroatoms. The number of nitrogens with zero attached hydrogens (tertiary/aromatic N) is 1. The van der Waals surface area contributed by atoms with Gasteiger partial charge in [0.05, 0.1) is 20.5 Å². The lowest BCUT2D eigenvalue weighted by Gasteiger charge is -2.20. The molecule has 0 saturated carbocycles. The molecule has 0 radical (unpaired) electrons. The third-order valence-corrected chi connectivity index (χ3v) is 3.91. The molecule has 0 aliphatic heterocycles. The van der Waals surface area contributed by atoms with Crippen molar-refractivity contribution in [3.8, 4) is 5.75 Å². The van der Waals surface area contributed by atoms with Crippen LogP contribution in [0.3, 0.4) is 0 Å². The molecule has 2 rings (SSSR count). The number of non-ortho nitro benzene ring substituents is 1. The number of ether oxygens (including phenoxy) is 1. The van der Waals surface area contributed by atoms with E-state index in [1.165, 1.54) is 18.2 Å². The van der Waals surface area contributed by atoms with Gasteiger partial charge in [-0.25, -0.2) is 4.79 Å². The lowest BCUT2D eigenvalue weighted by Crippen LogP contribution is -2.13. The first kappa shape index (κ1) is 18.2. The third-order valence-electron chi connectivity index (χ3n) is 3.35. The van der Waals surface area contributed by atoms with E-state index in [4.69, 9.17) is 27.9 Å². The Balaban J connectivity index is 2.33. The van der Waals surface area contributed by atoms with Crippen molar-refractivity contribution in [1.29, 1.82) is 0 Å². The Hall–Kier alpha value is -2.11. The van der Waals surface area contributed by atoms with E-state index in [9.17, 15) is 14.9 Å². The first-order chi connectivity index (χ1) is 11.1. The summed E-state index contributed by atoms with van der Waals surface area (Å²) in [5.74, 6) is -0.742. The van der Waals surface area contributed by atoms with E-state index < -0.39 is 10.9 Å². The molecule has 126 valence electrons. The van der Waals surface area contributed by atoms with Crippen LogP contribution in [0.5, 0.6) is 5.75 Å². The molecule has 0 spiro atoms. The summed E-state index contributed by atoms with van der Waals surface area (Å²) >= 11 is 12.4. The van der Waals surface area contributed by atoms with Crippen molar-refractivity contribution in [2.75, 3.05) is 0 Å². The van der Waals surface area contributed by atoms with E-state index in [2.05, 4.69) is 0 Å². The van der Waals surface area contributed by atoms with E-state index in [1.807, 2.05) is 20.8 Å². The highest BCUT2D eigenvalue weighted by Gasteiger charge is 2.21. The van der Waals surface area contributed by atoms with Crippen LogP contribution >= 0.6 is 23.2 Å². The summed E-state index contributed by atoms with van der Waals surface area (Å²) in [7, 11) is 0. The number of hydrogen-bond donors (Lipinski definition) is 0. The second kappa shape index (κ2) is 6.79. The molecule has 0 amide bonds. The van der Waals surface area contributed by atoms with E-state index in [-0.39, 0.29) is 32.5 Å². The first-order valence-corrected chi connectivity index (χ1v) is 7.81. The molecule has 0 unspecified atom stereocenters.